The summed E-state index contributed by atoms with van der Waals surface area (Å²) in [5, 5.41) is 7.65. The van der Waals surface area contributed by atoms with Gasteiger partial charge in [0.25, 0.3) is 0 Å². The number of rotatable bonds is 5. The molecular formula is C17H22N6S. The third-order valence-corrected chi connectivity index (χ3v) is 4.82. The number of hydrogen-bond acceptors (Lipinski definition) is 4. The lowest BCUT2D eigenvalue weighted by Gasteiger charge is -2.09. The van der Waals surface area contributed by atoms with Crippen LogP contribution >= 0.6 is 11.3 Å². The number of aryl methyl sites for hydroxylation is 2. The van der Waals surface area contributed by atoms with Crippen molar-refractivity contribution in [1.29, 1.82) is 0 Å². The number of aliphatic imine (C=N–C) groups is 1. The summed E-state index contributed by atoms with van der Waals surface area (Å²) < 4.78 is 2.03. The number of aromatic nitrogens is 3. The van der Waals surface area contributed by atoms with Gasteiger partial charge in [-0.25, -0.2) is 9.97 Å². The fourth-order valence-electron chi connectivity index (χ4n) is 2.37. The Morgan fingerprint density at radius 1 is 1.33 bits per heavy atom. The van der Waals surface area contributed by atoms with E-state index in [-0.39, 0.29) is 0 Å². The van der Waals surface area contributed by atoms with Gasteiger partial charge in [-0.05, 0) is 31.0 Å². The van der Waals surface area contributed by atoms with Gasteiger partial charge < -0.3 is 15.0 Å². The minimum atomic E-state index is 0.623. The Morgan fingerprint density at radius 2 is 2.17 bits per heavy atom. The molecule has 0 aliphatic rings. The van der Waals surface area contributed by atoms with Crippen LogP contribution in [0.2, 0.25) is 0 Å². The minimum absolute atomic E-state index is 0.623. The van der Waals surface area contributed by atoms with Crippen LogP contribution in [0.1, 0.15) is 28.1 Å². The molecule has 126 valence electrons. The molecule has 0 atom stereocenters. The van der Waals surface area contributed by atoms with E-state index in [0.29, 0.717) is 13.1 Å². The van der Waals surface area contributed by atoms with Crippen molar-refractivity contribution in [2.75, 3.05) is 7.05 Å². The smallest absolute Gasteiger partial charge is 0.191 e. The van der Waals surface area contributed by atoms with Gasteiger partial charge in [0.1, 0.15) is 10.7 Å². The summed E-state index contributed by atoms with van der Waals surface area (Å²) in [6.07, 6.45) is 7.03. The highest BCUT2D eigenvalue weighted by molar-refractivity contribution is 7.11. The summed E-state index contributed by atoms with van der Waals surface area (Å²) >= 11 is 1.73. The third-order valence-electron chi connectivity index (χ3n) is 3.68. The Labute approximate surface area is 145 Å². The normalized spacial score (nSPS) is 11.9. The summed E-state index contributed by atoms with van der Waals surface area (Å²) in [6, 6.07) is 4.15. The SMILES string of the molecule is CCc1cnc(CNC(=NC)NCc2cn3ccc(C)cc3n2)s1. The molecule has 0 saturated heterocycles. The molecule has 24 heavy (non-hydrogen) atoms. The molecule has 0 aromatic carbocycles. The maximum absolute atomic E-state index is 4.62. The van der Waals surface area contributed by atoms with Crippen molar-refractivity contribution in [2.24, 2.45) is 4.99 Å². The molecule has 0 amide bonds. The molecule has 0 radical (unpaired) electrons. The Balaban J connectivity index is 1.56. The van der Waals surface area contributed by atoms with Gasteiger partial charge in [0, 0.05) is 30.5 Å². The first-order valence-corrected chi connectivity index (χ1v) is 8.82. The average Bonchev–Trinajstić information content (AvgIpc) is 3.20. The van der Waals surface area contributed by atoms with Crippen molar-refractivity contribution in [1.82, 2.24) is 25.0 Å². The van der Waals surface area contributed by atoms with Crippen LogP contribution in [0, 0.1) is 6.92 Å². The minimum Gasteiger partial charge on any atom is -0.351 e. The van der Waals surface area contributed by atoms with Gasteiger partial charge in [-0.3, -0.25) is 4.99 Å². The topological polar surface area (TPSA) is 66.6 Å². The number of fused-ring (bicyclic) bond motifs is 1. The van der Waals surface area contributed by atoms with Gasteiger partial charge in [-0.1, -0.05) is 6.92 Å². The molecule has 3 aromatic heterocycles. The maximum atomic E-state index is 4.62. The van der Waals surface area contributed by atoms with Gasteiger partial charge >= 0.3 is 0 Å². The standard InChI is InChI=1S/C17H22N6S/c1-4-14-9-19-16(24-14)10-21-17(18-3)20-8-13-11-23-6-5-12(2)7-15(23)22-13/h5-7,9,11H,4,8,10H2,1-3H3,(H2,18,20,21). The van der Waals surface area contributed by atoms with E-state index in [9.17, 15) is 0 Å². The van der Waals surface area contributed by atoms with Gasteiger partial charge in [0.05, 0.1) is 18.8 Å². The van der Waals surface area contributed by atoms with Crippen molar-refractivity contribution in [2.45, 2.75) is 33.4 Å². The van der Waals surface area contributed by atoms with Crippen LogP contribution < -0.4 is 10.6 Å². The number of guanidine groups is 1. The summed E-state index contributed by atoms with van der Waals surface area (Å²) in [4.78, 5) is 14.6. The monoisotopic (exact) mass is 342 g/mol. The van der Waals surface area contributed by atoms with E-state index in [1.807, 2.05) is 23.0 Å². The molecule has 0 bridgehead atoms. The molecule has 0 saturated carbocycles. The van der Waals surface area contributed by atoms with E-state index >= 15 is 0 Å². The molecule has 3 heterocycles. The van der Waals surface area contributed by atoms with Crippen molar-refractivity contribution in [3.05, 3.63) is 51.9 Å². The van der Waals surface area contributed by atoms with Crippen LogP contribution in [0.25, 0.3) is 5.65 Å². The van der Waals surface area contributed by atoms with Crippen LogP contribution in [0.5, 0.6) is 0 Å². The number of nitrogens with one attached hydrogen (secondary N) is 2. The van der Waals surface area contributed by atoms with E-state index in [0.717, 1.165) is 28.7 Å². The molecule has 0 fully saturated rings. The number of pyridine rings is 1. The van der Waals surface area contributed by atoms with Crippen molar-refractivity contribution in [3.8, 4) is 0 Å². The second kappa shape index (κ2) is 7.44. The Morgan fingerprint density at radius 3 is 2.92 bits per heavy atom. The fourth-order valence-corrected chi connectivity index (χ4v) is 3.17. The predicted octanol–water partition coefficient (Wildman–Crippen LogP) is 2.53. The van der Waals surface area contributed by atoms with E-state index in [4.69, 9.17) is 0 Å². The fraction of sp³-hybridized carbons (Fsp3) is 0.353. The van der Waals surface area contributed by atoms with Crippen LogP contribution in [0.4, 0.5) is 0 Å². The molecule has 2 N–H and O–H groups in total. The van der Waals surface area contributed by atoms with Gasteiger partial charge in [0.15, 0.2) is 5.96 Å². The molecule has 3 rings (SSSR count). The maximum Gasteiger partial charge on any atom is 0.191 e. The lowest BCUT2D eigenvalue weighted by molar-refractivity contribution is 0.795. The zero-order valence-corrected chi connectivity index (χ0v) is 15.0. The molecule has 0 unspecified atom stereocenters. The number of hydrogen-bond donors (Lipinski definition) is 2. The summed E-state index contributed by atoms with van der Waals surface area (Å²) in [5.41, 5.74) is 3.15. The molecule has 6 nitrogen and oxygen atoms in total. The second-order valence-corrected chi connectivity index (χ2v) is 6.75. The van der Waals surface area contributed by atoms with Gasteiger partial charge in [-0.2, -0.15) is 0 Å². The highest BCUT2D eigenvalue weighted by Gasteiger charge is 2.05. The van der Waals surface area contributed by atoms with Crippen LogP contribution in [-0.2, 0) is 19.5 Å². The third kappa shape index (κ3) is 3.91. The lowest BCUT2D eigenvalue weighted by atomic mass is 10.3. The second-order valence-electron chi connectivity index (χ2n) is 5.55. The molecule has 7 heteroatoms. The van der Waals surface area contributed by atoms with E-state index in [2.05, 4.69) is 51.6 Å². The van der Waals surface area contributed by atoms with Crippen LogP contribution in [-0.4, -0.2) is 27.4 Å². The zero-order valence-electron chi connectivity index (χ0n) is 14.2. The Bertz CT molecular complexity index is 848. The largest absolute Gasteiger partial charge is 0.351 e. The first-order chi connectivity index (χ1) is 11.7. The highest BCUT2D eigenvalue weighted by atomic mass is 32.1. The summed E-state index contributed by atoms with van der Waals surface area (Å²) in [6.45, 7) is 5.51. The van der Waals surface area contributed by atoms with Crippen molar-refractivity contribution >= 4 is 22.9 Å². The quantitative estimate of drug-likeness (QED) is 0.552. The van der Waals surface area contributed by atoms with Gasteiger partial charge in [0.2, 0.25) is 0 Å². The molecule has 3 aromatic rings. The van der Waals surface area contributed by atoms with E-state index < -0.39 is 0 Å². The Hall–Kier alpha value is -2.41. The first kappa shape index (κ1) is 16.4. The number of nitrogens with zero attached hydrogens (tertiary/aromatic N) is 4. The van der Waals surface area contributed by atoms with E-state index in [1.54, 1.807) is 18.4 Å². The van der Waals surface area contributed by atoms with Crippen molar-refractivity contribution in [3.63, 3.8) is 0 Å². The molecular weight excluding hydrogens is 320 g/mol. The Kier molecular flexibility index (Phi) is 5.10. The first-order valence-electron chi connectivity index (χ1n) is 8.00. The van der Waals surface area contributed by atoms with Crippen LogP contribution in [0.15, 0.2) is 35.7 Å². The van der Waals surface area contributed by atoms with Crippen LogP contribution in [0.3, 0.4) is 0 Å². The summed E-state index contributed by atoms with van der Waals surface area (Å²) in [5.74, 6) is 0.747. The predicted molar refractivity (Wildman–Crippen MR) is 98.5 cm³/mol. The molecule has 0 aliphatic carbocycles. The average molecular weight is 342 g/mol. The van der Waals surface area contributed by atoms with Gasteiger partial charge in [-0.15, -0.1) is 11.3 Å². The van der Waals surface area contributed by atoms with Crippen molar-refractivity contribution < 1.29 is 0 Å². The molecule has 0 aliphatic heterocycles. The number of thiazole rings is 1. The van der Waals surface area contributed by atoms with E-state index in [1.165, 1.54) is 10.4 Å². The lowest BCUT2D eigenvalue weighted by Crippen LogP contribution is -2.36. The zero-order chi connectivity index (χ0) is 16.9. The summed E-state index contributed by atoms with van der Waals surface area (Å²) in [7, 11) is 1.77. The number of imidazole rings is 1. The molecule has 0 spiro atoms. The highest BCUT2D eigenvalue weighted by Crippen LogP contribution is 2.12.